The van der Waals surface area contributed by atoms with E-state index in [0.717, 1.165) is 4.47 Å². The van der Waals surface area contributed by atoms with Gasteiger partial charge in [-0.2, -0.15) is 0 Å². The highest BCUT2D eigenvalue weighted by Crippen LogP contribution is 2.23. The summed E-state index contributed by atoms with van der Waals surface area (Å²) in [6.07, 6.45) is 0. The second-order valence-electron chi connectivity index (χ2n) is 2.70. The van der Waals surface area contributed by atoms with Crippen molar-refractivity contribution in [1.82, 2.24) is 5.32 Å². The van der Waals surface area contributed by atoms with Crippen molar-refractivity contribution in [3.8, 4) is 5.75 Å². The fourth-order valence-electron chi connectivity index (χ4n) is 1.11. The average Bonchev–Trinajstić information content (AvgIpc) is 2.17. The topological polar surface area (TPSA) is 38.3 Å². The van der Waals surface area contributed by atoms with Crippen molar-refractivity contribution in [3.63, 3.8) is 0 Å². The Morgan fingerprint density at radius 3 is 2.86 bits per heavy atom. The highest BCUT2D eigenvalue weighted by atomic mass is 79.9. The predicted molar refractivity (Wildman–Crippen MR) is 58.7 cm³/mol. The van der Waals surface area contributed by atoms with Gasteiger partial charge in [-0.1, -0.05) is 15.9 Å². The number of rotatable bonds is 3. The molecule has 4 heteroatoms. The Bertz CT molecular complexity index is 339. The number of hydrogen-bond donors (Lipinski definition) is 1. The number of carbonyl (C=O) groups excluding carboxylic acids is 1. The Kier molecular flexibility index (Phi) is 3.95. The molecule has 0 saturated heterocycles. The summed E-state index contributed by atoms with van der Waals surface area (Å²) in [7, 11) is 1.55. The summed E-state index contributed by atoms with van der Waals surface area (Å²) in [5.41, 5.74) is 0.553. The minimum atomic E-state index is -0.114. The van der Waals surface area contributed by atoms with Crippen LogP contribution in [0.15, 0.2) is 22.7 Å². The lowest BCUT2D eigenvalue weighted by atomic mass is 10.2. The van der Waals surface area contributed by atoms with E-state index in [0.29, 0.717) is 17.9 Å². The molecule has 0 aliphatic heterocycles. The fraction of sp³-hybridized carbons (Fsp3) is 0.300. The van der Waals surface area contributed by atoms with Crippen LogP contribution in [0, 0.1) is 0 Å². The molecule has 0 aliphatic carbocycles. The number of benzene rings is 1. The Morgan fingerprint density at radius 1 is 1.57 bits per heavy atom. The number of hydrogen-bond acceptors (Lipinski definition) is 2. The molecular weight excluding hydrogens is 246 g/mol. The molecule has 0 heterocycles. The molecule has 3 nitrogen and oxygen atoms in total. The lowest BCUT2D eigenvalue weighted by molar-refractivity contribution is 0.0953. The smallest absolute Gasteiger partial charge is 0.255 e. The molecule has 1 aromatic carbocycles. The van der Waals surface area contributed by atoms with E-state index < -0.39 is 0 Å². The first-order valence-electron chi connectivity index (χ1n) is 4.30. The zero-order chi connectivity index (χ0) is 10.6. The van der Waals surface area contributed by atoms with Crippen LogP contribution in [0.3, 0.4) is 0 Å². The van der Waals surface area contributed by atoms with E-state index in [4.69, 9.17) is 4.74 Å². The van der Waals surface area contributed by atoms with Gasteiger partial charge in [0.05, 0.1) is 12.7 Å². The van der Waals surface area contributed by atoms with E-state index in [9.17, 15) is 4.79 Å². The van der Waals surface area contributed by atoms with Crippen LogP contribution in [0.5, 0.6) is 5.75 Å². The van der Waals surface area contributed by atoms with Crippen LogP contribution in [0.2, 0.25) is 0 Å². The molecular formula is C10H12BrNO2. The molecule has 1 rings (SSSR count). The second kappa shape index (κ2) is 5.00. The summed E-state index contributed by atoms with van der Waals surface area (Å²) in [5.74, 6) is 0.460. The summed E-state index contributed by atoms with van der Waals surface area (Å²) < 4.78 is 5.99. The summed E-state index contributed by atoms with van der Waals surface area (Å²) >= 11 is 3.31. The minimum absolute atomic E-state index is 0.114. The lowest BCUT2D eigenvalue weighted by Gasteiger charge is -2.08. The van der Waals surface area contributed by atoms with Crippen molar-refractivity contribution in [2.24, 2.45) is 0 Å². The molecule has 0 bridgehead atoms. The maximum Gasteiger partial charge on any atom is 0.255 e. The van der Waals surface area contributed by atoms with E-state index in [2.05, 4.69) is 21.2 Å². The highest BCUT2D eigenvalue weighted by molar-refractivity contribution is 9.10. The number of amides is 1. The van der Waals surface area contributed by atoms with E-state index in [1.54, 1.807) is 19.2 Å². The van der Waals surface area contributed by atoms with Crippen LogP contribution in [0.4, 0.5) is 0 Å². The van der Waals surface area contributed by atoms with Gasteiger partial charge < -0.3 is 10.1 Å². The molecule has 76 valence electrons. The fourth-order valence-corrected chi connectivity index (χ4v) is 1.45. The van der Waals surface area contributed by atoms with Gasteiger partial charge in [0.15, 0.2) is 0 Å². The van der Waals surface area contributed by atoms with Crippen LogP contribution in [0.1, 0.15) is 17.3 Å². The molecule has 0 radical (unpaired) electrons. The van der Waals surface area contributed by atoms with E-state index >= 15 is 0 Å². The minimum Gasteiger partial charge on any atom is -0.496 e. The Morgan fingerprint density at radius 2 is 2.29 bits per heavy atom. The van der Waals surface area contributed by atoms with Crippen molar-refractivity contribution in [2.45, 2.75) is 6.92 Å². The van der Waals surface area contributed by atoms with Gasteiger partial charge in [-0.05, 0) is 25.1 Å². The van der Waals surface area contributed by atoms with Crippen molar-refractivity contribution < 1.29 is 9.53 Å². The summed E-state index contributed by atoms with van der Waals surface area (Å²) in [5, 5.41) is 2.72. The summed E-state index contributed by atoms with van der Waals surface area (Å²) in [6, 6.07) is 5.31. The van der Waals surface area contributed by atoms with E-state index in [1.807, 2.05) is 13.0 Å². The van der Waals surface area contributed by atoms with Gasteiger partial charge in [0, 0.05) is 11.0 Å². The molecule has 1 aromatic rings. The Balaban J connectivity index is 3.01. The monoisotopic (exact) mass is 257 g/mol. The molecule has 0 spiro atoms. The Labute approximate surface area is 91.6 Å². The van der Waals surface area contributed by atoms with Gasteiger partial charge >= 0.3 is 0 Å². The largest absolute Gasteiger partial charge is 0.496 e. The Hall–Kier alpha value is -1.03. The highest BCUT2D eigenvalue weighted by Gasteiger charge is 2.10. The third-order valence-electron chi connectivity index (χ3n) is 1.75. The third-order valence-corrected chi connectivity index (χ3v) is 2.24. The third kappa shape index (κ3) is 2.48. The molecule has 0 aliphatic rings. The van der Waals surface area contributed by atoms with Crippen molar-refractivity contribution in [3.05, 3.63) is 28.2 Å². The number of halogens is 1. The first-order valence-corrected chi connectivity index (χ1v) is 5.10. The van der Waals surface area contributed by atoms with Crippen LogP contribution >= 0.6 is 15.9 Å². The molecule has 0 atom stereocenters. The standard InChI is InChI=1S/C10H12BrNO2/c1-3-12-10(13)8-5-4-7(11)6-9(8)14-2/h4-6H,3H2,1-2H3,(H,12,13). The van der Waals surface area contributed by atoms with Crippen molar-refractivity contribution >= 4 is 21.8 Å². The maximum atomic E-state index is 11.5. The van der Waals surface area contributed by atoms with Crippen molar-refractivity contribution in [2.75, 3.05) is 13.7 Å². The quantitative estimate of drug-likeness (QED) is 0.902. The van der Waals surface area contributed by atoms with Crippen LogP contribution in [-0.2, 0) is 0 Å². The molecule has 0 unspecified atom stereocenters. The number of ether oxygens (including phenoxy) is 1. The normalized spacial score (nSPS) is 9.64. The lowest BCUT2D eigenvalue weighted by Crippen LogP contribution is -2.23. The molecule has 0 fully saturated rings. The number of carbonyl (C=O) groups is 1. The zero-order valence-corrected chi connectivity index (χ0v) is 9.72. The van der Waals surface area contributed by atoms with Gasteiger partial charge in [-0.3, -0.25) is 4.79 Å². The molecule has 0 saturated carbocycles. The van der Waals surface area contributed by atoms with Gasteiger partial charge in [0.2, 0.25) is 0 Å². The molecule has 1 amide bonds. The van der Waals surface area contributed by atoms with Crippen LogP contribution in [0.25, 0.3) is 0 Å². The summed E-state index contributed by atoms with van der Waals surface area (Å²) in [4.78, 5) is 11.5. The average molecular weight is 258 g/mol. The zero-order valence-electron chi connectivity index (χ0n) is 8.13. The first-order chi connectivity index (χ1) is 6.69. The van der Waals surface area contributed by atoms with Gasteiger partial charge in [-0.15, -0.1) is 0 Å². The van der Waals surface area contributed by atoms with Crippen LogP contribution in [-0.4, -0.2) is 19.6 Å². The van der Waals surface area contributed by atoms with E-state index in [1.165, 1.54) is 0 Å². The summed E-state index contributed by atoms with van der Waals surface area (Å²) in [6.45, 7) is 2.49. The molecule has 14 heavy (non-hydrogen) atoms. The number of methoxy groups -OCH3 is 1. The maximum absolute atomic E-state index is 11.5. The predicted octanol–water partition coefficient (Wildman–Crippen LogP) is 2.21. The van der Waals surface area contributed by atoms with E-state index in [-0.39, 0.29) is 5.91 Å². The first kappa shape index (κ1) is 11.0. The van der Waals surface area contributed by atoms with Gasteiger partial charge in [0.25, 0.3) is 5.91 Å². The number of nitrogens with one attached hydrogen (secondary N) is 1. The molecule has 0 aromatic heterocycles. The second-order valence-corrected chi connectivity index (χ2v) is 3.62. The van der Waals surface area contributed by atoms with Crippen LogP contribution < -0.4 is 10.1 Å². The molecule has 1 N–H and O–H groups in total. The SMILES string of the molecule is CCNC(=O)c1ccc(Br)cc1OC. The van der Waals surface area contributed by atoms with Gasteiger partial charge in [-0.25, -0.2) is 0 Å². The van der Waals surface area contributed by atoms with Gasteiger partial charge in [0.1, 0.15) is 5.75 Å². The van der Waals surface area contributed by atoms with Crippen molar-refractivity contribution in [1.29, 1.82) is 0 Å².